The number of amidine groups is 1. The first-order chi connectivity index (χ1) is 8.79. The lowest BCUT2D eigenvalue weighted by Crippen LogP contribution is -2.35. The van der Waals surface area contributed by atoms with E-state index in [-0.39, 0.29) is 18.7 Å². The third-order valence-corrected chi connectivity index (χ3v) is 3.55. The summed E-state index contributed by atoms with van der Waals surface area (Å²) >= 11 is 1.57. The molecule has 1 aliphatic heterocycles. The van der Waals surface area contributed by atoms with Gasteiger partial charge in [-0.05, 0) is 18.9 Å². The van der Waals surface area contributed by atoms with Crippen LogP contribution in [0.2, 0.25) is 0 Å². The van der Waals surface area contributed by atoms with E-state index in [1.165, 1.54) is 0 Å². The Bertz CT molecular complexity index is 404. The number of hydrogen-bond acceptors (Lipinski definition) is 5. The van der Waals surface area contributed by atoms with Crippen molar-refractivity contribution in [2.24, 2.45) is 4.99 Å². The molecule has 1 aliphatic carbocycles. The first kappa shape index (κ1) is 13.2. The van der Waals surface area contributed by atoms with Gasteiger partial charge in [0.25, 0.3) is 0 Å². The number of carbonyl (C=O) groups excluding carboxylic acids is 1. The van der Waals surface area contributed by atoms with Gasteiger partial charge in [0, 0.05) is 18.6 Å². The van der Waals surface area contributed by atoms with Gasteiger partial charge in [-0.1, -0.05) is 23.9 Å². The van der Waals surface area contributed by atoms with Crippen LogP contribution in [0.15, 0.2) is 28.9 Å². The smallest absolute Gasteiger partial charge is 0.247 e. The van der Waals surface area contributed by atoms with Crippen molar-refractivity contribution >= 4 is 22.8 Å². The Morgan fingerprint density at radius 2 is 2.50 bits per heavy atom. The Kier molecular flexibility index (Phi) is 4.83. The monoisotopic (exact) mass is 267 g/mol. The van der Waals surface area contributed by atoms with E-state index in [0.29, 0.717) is 5.75 Å². The molecule has 0 saturated heterocycles. The maximum atomic E-state index is 11.7. The van der Waals surface area contributed by atoms with Gasteiger partial charge in [0.05, 0.1) is 0 Å². The van der Waals surface area contributed by atoms with Crippen LogP contribution < -0.4 is 10.6 Å². The minimum Gasteiger partial charge on any atom is -0.364 e. The molecule has 0 radical (unpaired) electrons. The number of rotatable bonds is 4. The first-order valence-corrected chi connectivity index (χ1v) is 6.89. The van der Waals surface area contributed by atoms with E-state index in [4.69, 9.17) is 4.74 Å². The minimum atomic E-state index is -0.319. The van der Waals surface area contributed by atoms with Gasteiger partial charge in [-0.15, -0.1) is 0 Å². The zero-order valence-corrected chi connectivity index (χ0v) is 11.1. The molecule has 2 aliphatic rings. The maximum Gasteiger partial charge on any atom is 0.247 e. The molecule has 6 heteroatoms. The lowest BCUT2D eigenvalue weighted by Gasteiger charge is -2.08. The van der Waals surface area contributed by atoms with Crippen molar-refractivity contribution in [3.63, 3.8) is 0 Å². The van der Waals surface area contributed by atoms with E-state index >= 15 is 0 Å². The summed E-state index contributed by atoms with van der Waals surface area (Å²) in [6, 6.07) is -0.319. The van der Waals surface area contributed by atoms with Crippen molar-refractivity contribution in [1.29, 1.82) is 0 Å². The molecular weight excluding hydrogens is 250 g/mol. The molecule has 98 valence electrons. The number of amides is 1. The fraction of sp³-hybridized carbons (Fsp3) is 0.500. The van der Waals surface area contributed by atoms with Crippen LogP contribution in [-0.4, -0.2) is 36.7 Å². The molecule has 1 atom stereocenters. The van der Waals surface area contributed by atoms with Crippen molar-refractivity contribution < 1.29 is 9.53 Å². The fourth-order valence-electron chi connectivity index (χ4n) is 1.67. The van der Waals surface area contributed by atoms with Gasteiger partial charge in [-0.2, -0.15) is 0 Å². The molecule has 1 amide bonds. The molecule has 0 bridgehead atoms. The lowest BCUT2D eigenvalue weighted by molar-refractivity contribution is -0.123. The molecule has 2 rings (SSSR count). The van der Waals surface area contributed by atoms with Crippen LogP contribution in [0.25, 0.3) is 0 Å². The molecule has 0 aromatic heterocycles. The Morgan fingerprint density at radius 1 is 1.61 bits per heavy atom. The van der Waals surface area contributed by atoms with Crippen LogP contribution in [0.3, 0.4) is 0 Å². The van der Waals surface area contributed by atoms with Gasteiger partial charge in [0.15, 0.2) is 5.17 Å². The summed E-state index contributed by atoms with van der Waals surface area (Å²) < 4.78 is 4.80. The molecule has 2 N–H and O–H groups in total. The van der Waals surface area contributed by atoms with Crippen molar-refractivity contribution in [2.75, 3.05) is 19.6 Å². The number of allylic oxidation sites excluding steroid dienone is 3. The first-order valence-electron chi connectivity index (χ1n) is 5.90. The molecule has 0 aromatic carbocycles. The van der Waals surface area contributed by atoms with Crippen molar-refractivity contribution in [1.82, 2.24) is 10.6 Å². The van der Waals surface area contributed by atoms with Gasteiger partial charge in [0.1, 0.15) is 12.8 Å². The van der Waals surface area contributed by atoms with Crippen LogP contribution >= 0.6 is 11.8 Å². The summed E-state index contributed by atoms with van der Waals surface area (Å²) in [4.78, 5) is 16.0. The van der Waals surface area contributed by atoms with Crippen molar-refractivity contribution in [3.05, 3.63) is 23.9 Å². The molecule has 18 heavy (non-hydrogen) atoms. The number of thioether (sulfide) groups is 1. The highest BCUT2D eigenvalue weighted by Crippen LogP contribution is 2.18. The third-order valence-electron chi connectivity index (χ3n) is 2.59. The number of hydrogen-bond donors (Lipinski definition) is 2. The van der Waals surface area contributed by atoms with E-state index in [1.807, 2.05) is 6.08 Å². The third kappa shape index (κ3) is 3.61. The van der Waals surface area contributed by atoms with Gasteiger partial charge < -0.3 is 15.4 Å². The SMILES string of the molecule is COCNC(=O)C1CSC(NC2=CCCC=C2)=N1. The Morgan fingerprint density at radius 3 is 3.22 bits per heavy atom. The second-order valence-electron chi connectivity index (χ2n) is 4.00. The topological polar surface area (TPSA) is 62.7 Å². The van der Waals surface area contributed by atoms with E-state index in [9.17, 15) is 4.79 Å². The number of ether oxygens (including phenoxy) is 1. The van der Waals surface area contributed by atoms with Gasteiger partial charge in [-0.25, -0.2) is 4.99 Å². The second kappa shape index (κ2) is 6.61. The number of carbonyl (C=O) groups is 1. The van der Waals surface area contributed by atoms with Crippen LogP contribution in [0.5, 0.6) is 0 Å². The Labute approximate surface area is 111 Å². The summed E-state index contributed by atoms with van der Waals surface area (Å²) in [7, 11) is 1.54. The number of aliphatic imine (C=N–C) groups is 1. The molecule has 5 nitrogen and oxygen atoms in total. The summed E-state index contributed by atoms with van der Waals surface area (Å²) in [5.41, 5.74) is 1.06. The predicted molar refractivity (Wildman–Crippen MR) is 73.3 cm³/mol. The quantitative estimate of drug-likeness (QED) is 0.746. The molecule has 0 fully saturated rings. The van der Waals surface area contributed by atoms with Gasteiger partial charge in [-0.3, -0.25) is 4.79 Å². The second-order valence-corrected chi connectivity index (χ2v) is 5.01. The van der Waals surface area contributed by atoms with Gasteiger partial charge in [0.2, 0.25) is 5.91 Å². The Hall–Kier alpha value is -1.27. The molecule has 0 saturated carbocycles. The van der Waals surface area contributed by atoms with Crippen LogP contribution in [0.4, 0.5) is 0 Å². The predicted octanol–water partition coefficient (Wildman–Crippen LogP) is 1.00. The summed E-state index contributed by atoms with van der Waals surface area (Å²) in [5.74, 6) is 0.587. The van der Waals surface area contributed by atoms with E-state index in [0.717, 1.165) is 23.7 Å². The summed E-state index contributed by atoms with van der Waals surface area (Å²) in [6.07, 6.45) is 8.46. The lowest BCUT2D eigenvalue weighted by atomic mass is 10.1. The molecular formula is C12H17N3O2S. The molecule has 1 unspecified atom stereocenters. The highest BCUT2D eigenvalue weighted by Gasteiger charge is 2.24. The highest BCUT2D eigenvalue weighted by molar-refractivity contribution is 8.14. The number of nitrogens with zero attached hydrogens (tertiary/aromatic N) is 1. The van der Waals surface area contributed by atoms with Gasteiger partial charge >= 0.3 is 0 Å². The average Bonchev–Trinajstić information content (AvgIpc) is 2.86. The largest absolute Gasteiger partial charge is 0.364 e. The normalized spacial score (nSPS) is 22.4. The number of methoxy groups -OCH3 is 1. The molecule has 1 heterocycles. The van der Waals surface area contributed by atoms with E-state index < -0.39 is 0 Å². The summed E-state index contributed by atoms with van der Waals surface area (Å²) in [5, 5.41) is 6.71. The van der Waals surface area contributed by atoms with E-state index in [1.54, 1.807) is 18.9 Å². The zero-order chi connectivity index (χ0) is 12.8. The molecule has 0 aromatic rings. The van der Waals surface area contributed by atoms with E-state index in [2.05, 4.69) is 27.8 Å². The average molecular weight is 267 g/mol. The maximum absolute atomic E-state index is 11.7. The standard InChI is InChI=1S/C12H17N3O2S/c1-17-8-13-11(16)10-7-18-12(15-10)14-9-5-3-2-4-6-9/h3,5-6,10H,2,4,7-8H2,1H3,(H,13,16)(H,14,15). The molecule has 0 spiro atoms. The van der Waals surface area contributed by atoms with Crippen LogP contribution in [0, 0.1) is 0 Å². The minimum absolute atomic E-state index is 0.0886. The number of nitrogens with one attached hydrogen (secondary N) is 2. The van der Waals surface area contributed by atoms with Crippen molar-refractivity contribution in [3.8, 4) is 0 Å². The summed E-state index contributed by atoms with van der Waals surface area (Å²) in [6.45, 7) is 0.228. The van der Waals surface area contributed by atoms with Crippen LogP contribution in [-0.2, 0) is 9.53 Å². The highest BCUT2D eigenvalue weighted by atomic mass is 32.2. The van der Waals surface area contributed by atoms with Crippen LogP contribution in [0.1, 0.15) is 12.8 Å². The Balaban J connectivity index is 1.86. The van der Waals surface area contributed by atoms with Crippen molar-refractivity contribution in [2.45, 2.75) is 18.9 Å². The fourth-order valence-corrected chi connectivity index (χ4v) is 2.60. The zero-order valence-electron chi connectivity index (χ0n) is 10.3.